The molecule has 1 heterocycles. The Balaban J connectivity index is 1.74. The third-order valence-corrected chi connectivity index (χ3v) is 4.07. The largest absolute Gasteiger partial charge is 0.382 e. The number of hydrogen-bond donors (Lipinski definition) is 1. The molecule has 0 radical (unpaired) electrons. The molecule has 4 heteroatoms. The summed E-state index contributed by atoms with van der Waals surface area (Å²) < 4.78 is 10.5. The molecule has 1 saturated heterocycles. The van der Waals surface area contributed by atoms with E-state index < -0.39 is 0 Å². The molecule has 1 aliphatic heterocycles. The number of ether oxygens (including phenoxy) is 2. The van der Waals surface area contributed by atoms with Gasteiger partial charge in [0.2, 0.25) is 0 Å². The normalized spacial score (nSPS) is 23.3. The van der Waals surface area contributed by atoms with Gasteiger partial charge in [0.25, 0.3) is 0 Å². The van der Waals surface area contributed by atoms with Gasteiger partial charge in [-0.05, 0) is 18.9 Å². The van der Waals surface area contributed by atoms with Gasteiger partial charge in [-0.2, -0.15) is 0 Å². The summed E-state index contributed by atoms with van der Waals surface area (Å²) in [5, 5.41) is 3.64. The second-order valence-corrected chi connectivity index (χ2v) is 5.67. The Morgan fingerprint density at radius 1 is 1.19 bits per heavy atom. The Morgan fingerprint density at radius 3 is 2.76 bits per heavy atom. The highest BCUT2D eigenvalue weighted by Crippen LogP contribution is 2.19. The molecule has 2 atom stereocenters. The monoisotopic (exact) mass is 292 g/mol. The summed E-state index contributed by atoms with van der Waals surface area (Å²) >= 11 is 0. The number of methoxy groups -OCH3 is 1. The molecule has 1 N–H and O–H groups in total. The van der Waals surface area contributed by atoms with Crippen LogP contribution in [0.3, 0.4) is 0 Å². The lowest BCUT2D eigenvalue weighted by Crippen LogP contribution is -2.51. The molecule has 0 saturated carbocycles. The standard InChI is InChI=1S/C17H28N2O2/c1-15-13-18-17(16-7-4-3-5-8-16)14-19(15)9-6-10-21-12-11-20-2/h3-5,7-8,15,17-18H,6,9-14H2,1-2H3. The maximum atomic E-state index is 5.54. The van der Waals surface area contributed by atoms with E-state index in [2.05, 4.69) is 47.5 Å². The molecule has 21 heavy (non-hydrogen) atoms. The zero-order valence-corrected chi connectivity index (χ0v) is 13.3. The lowest BCUT2D eigenvalue weighted by molar-refractivity contribution is 0.0591. The molecule has 0 spiro atoms. The average molecular weight is 292 g/mol. The molecule has 1 aromatic rings. The van der Waals surface area contributed by atoms with Crippen LogP contribution in [0.25, 0.3) is 0 Å². The highest BCUT2D eigenvalue weighted by molar-refractivity contribution is 5.20. The van der Waals surface area contributed by atoms with Crippen LogP contribution < -0.4 is 5.32 Å². The average Bonchev–Trinajstić information content (AvgIpc) is 2.53. The van der Waals surface area contributed by atoms with Crippen molar-refractivity contribution in [1.82, 2.24) is 10.2 Å². The summed E-state index contributed by atoms with van der Waals surface area (Å²) in [6, 6.07) is 11.7. The van der Waals surface area contributed by atoms with Gasteiger partial charge in [-0.3, -0.25) is 4.90 Å². The molecule has 1 fully saturated rings. The van der Waals surface area contributed by atoms with Crippen LogP contribution in [0, 0.1) is 0 Å². The fourth-order valence-corrected chi connectivity index (χ4v) is 2.76. The van der Waals surface area contributed by atoms with Gasteiger partial charge in [0.1, 0.15) is 0 Å². The van der Waals surface area contributed by atoms with E-state index in [1.165, 1.54) is 5.56 Å². The first kappa shape index (κ1) is 16.4. The SMILES string of the molecule is COCCOCCCN1CC(c2ccccc2)NCC1C. The highest BCUT2D eigenvalue weighted by Gasteiger charge is 2.25. The van der Waals surface area contributed by atoms with E-state index in [9.17, 15) is 0 Å². The first-order valence-corrected chi connectivity index (χ1v) is 7.90. The van der Waals surface area contributed by atoms with Crippen LogP contribution in [0.2, 0.25) is 0 Å². The minimum Gasteiger partial charge on any atom is -0.382 e. The van der Waals surface area contributed by atoms with Crippen molar-refractivity contribution in [3.05, 3.63) is 35.9 Å². The lowest BCUT2D eigenvalue weighted by atomic mass is 10.0. The Labute approximate surface area is 128 Å². The van der Waals surface area contributed by atoms with Crippen LogP contribution >= 0.6 is 0 Å². The molecule has 0 aliphatic carbocycles. The minimum absolute atomic E-state index is 0.441. The van der Waals surface area contributed by atoms with E-state index in [0.717, 1.165) is 32.7 Å². The van der Waals surface area contributed by atoms with E-state index in [1.54, 1.807) is 7.11 Å². The number of hydrogen-bond acceptors (Lipinski definition) is 4. The van der Waals surface area contributed by atoms with Crippen molar-refractivity contribution in [2.45, 2.75) is 25.4 Å². The number of nitrogens with zero attached hydrogens (tertiary/aromatic N) is 1. The molecular weight excluding hydrogens is 264 g/mol. The van der Waals surface area contributed by atoms with Crippen LogP contribution in [0.5, 0.6) is 0 Å². The third-order valence-electron chi connectivity index (χ3n) is 4.07. The van der Waals surface area contributed by atoms with Gasteiger partial charge in [0.05, 0.1) is 13.2 Å². The van der Waals surface area contributed by atoms with Gasteiger partial charge in [-0.15, -0.1) is 0 Å². The first-order valence-electron chi connectivity index (χ1n) is 7.90. The quantitative estimate of drug-likeness (QED) is 0.744. The van der Waals surface area contributed by atoms with Crippen LogP contribution in [0.1, 0.15) is 24.9 Å². The first-order chi connectivity index (χ1) is 10.3. The van der Waals surface area contributed by atoms with E-state index in [1.807, 2.05) is 0 Å². The summed E-state index contributed by atoms with van der Waals surface area (Å²) in [5.74, 6) is 0. The van der Waals surface area contributed by atoms with Crippen molar-refractivity contribution < 1.29 is 9.47 Å². The van der Waals surface area contributed by atoms with E-state index in [4.69, 9.17) is 9.47 Å². The molecule has 1 aliphatic rings. The molecule has 4 nitrogen and oxygen atoms in total. The van der Waals surface area contributed by atoms with E-state index >= 15 is 0 Å². The van der Waals surface area contributed by atoms with Gasteiger partial charge in [-0.1, -0.05) is 30.3 Å². The maximum Gasteiger partial charge on any atom is 0.0700 e. The predicted molar refractivity (Wildman–Crippen MR) is 85.5 cm³/mol. The maximum absolute atomic E-state index is 5.54. The van der Waals surface area contributed by atoms with E-state index in [0.29, 0.717) is 25.3 Å². The molecule has 0 bridgehead atoms. The molecule has 2 rings (SSSR count). The van der Waals surface area contributed by atoms with Crippen molar-refractivity contribution in [3.63, 3.8) is 0 Å². The van der Waals surface area contributed by atoms with Crippen molar-refractivity contribution in [2.75, 3.05) is 46.6 Å². The fourth-order valence-electron chi connectivity index (χ4n) is 2.76. The predicted octanol–water partition coefficient (Wildman–Crippen LogP) is 2.07. The summed E-state index contributed by atoms with van der Waals surface area (Å²) in [7, 11) is 1.70. The Morgan fingerprint density at radius 2 is 2.00 bits per heavy atom. The van der Waals surface area contributed by atoms with Crippen molar-refractivity contribution >= 4 is 0 Å². The molecule has 2 unspecified atom stereocenters. The fraction of sp³-hybridized carbons (Fsp3) is 0.647. The Bertz CT molecular complexity index is 386. The number of benzene rings is 1. The molecule has 1 aromatic carbocycles. The summed E-state index contributed by atoms with van der Waals surface area (Å²) in [6.07, 6.45) is 1.08. The molecule has 0 amide bonds. The third kappa shape index (κ3) is 5.40. The van der Waals surface area contributed by atoms with Crippen molar-refractivity contribution in [2.24, 2.45) is 0 Å². The summed E-state index contributed by atoms with van der Waals surface area (Å²) in [6.45, 7) is 7.70. The number of rotatable bonds is 8. The zero-order chi connectivity index (χ0) is 14.9. The van der Waals surface area contributed by atoms with Gasteiger partial charge in [0.15, 0.2) is 0 Å². The molecule has 118 valence electrons. The topological polar surface area (TPSA) is 33.7 Å². The van der Waals surface area contributed by atoms with Crippen molar-refractivity contribution in [1.29, 1.82) is 0 Å². The zero-order valence-electron chi connectivity index (χ0n) is 13.3. The molecule has 0 aromatic heterocycles. The summed E-state index contributed by atoms with van der Waals surface area (Å²) in [5.41, 5.74) is 1.38. The summed E-state index contributed by atoms with van der Waals surface area (Å²) in [4.78, 5) is 2.56. The molecular formula is C17H28N2O2. The number of nitrogens with one attached hydrogen (secondary N) is 1. The van der Waals surface area contributed by atoms with Crippen LogP contribution in [0.4, 0.5) is 0 Å². The second-order valence-electron chi connectivity index (χ2n) is 5.67. The van der Waals surface area contributed by atoms with Gasteiger partial charge < -0.3 is 14.8 Å². The van der Waals surface area contributed by atoms with Gasteiger partial charge >= 0.3 is 0 Å². The van der Waals surface area contributed by atoms with Gasteiger partial charge in [-0.25, -0.2) is 0 Å². The minimum atomic E-state index is 0.441. The van der Waals surface area contributed by atoms with Crippen LogP contribution in [-0.4, -0.2) is 57.5 Å². The van der Waals surface area contributed by atoms with Crippen LogP contribution in [0.15, 0.2) is 30.3 Å². The highest BCUT2D eigenvalue weighted by atomic mass is 16.5. The Hall–Kier alpha value is -0.940. The second kappa shape index (κ2) is 9.15. The smallest absolute Gasteiger partial charge is 0.0700 e. The van der Waals surface area contributed by atoms with Gasteiger partial charge in [0, 0.05) is 45.4 Å². The lowest BCUT2D eigenvalue weighted by Gasteiger charge is -2.39. The van der Waals surface area contributed by atoms with Crippen molar-refractivity contribution in [3.8, 4) is 0 Å². The Kier molecular flexibility index (Phi) is 7.16. The van der Waals surface area contributed by atoms with Crippen LogP contribution in [-0.2, 0) is 9.47 Å². The van der Waals surface area contributed by atoms with E-state index in [-0.39, 0.29) is 0 Å². The number of piperazine rings is 1.